The van der Waals surface area contributed by atoms with Gasteiger partial charge >= 0.3 is 6.09 Å². The number of benzene rings is 1. The van der Waals surface area contributed by atoms with Gasteiger partial charge in [0.25, 0.3) is 0 Å². The first kappa shape index (κ1) is 20.0. The van der Waals surface area contributed by atoms with Crippen LogP contribution in [0.5, 0.6) is 0 Å². The van der Waals surface area contributed by atoms with E-state index in [-0.39, 0.29) is 6.09 Å². The molecule has 1 N–H and O–H groups in total. The smallest absolute Gasteiger partial charge is 0.409 e. The van der Waals surface area contributed by atoms with Gasteiger partial charge in [-0.15, -0.1) is 0 Å². The molecule has 0 aromatic heterocycles. The molecule has 0 unspecified atom stereocenters. The fraction of sp³-hybridized carbons (Fsp3) is 0.579. The van der Waals surface area contributed by atoms with Crippen molar-refractivity contribution in [2.45, 2.75) is 20.0 Å². The molecule has 1 aromatic carbocycles. The minimum Gasteiger partial charge on any atom is -0.450 e. The van der Waals surface area contributed by atoms with Gasteiger partial charge in [0.2, 0.25) is 0 Å². The Kier molecular flexibility index (Phi) is 7.72. The summed E-state index contributed by atoms with van der Waals surface area (Å²) in [5.74, 6) is 0.867. The van der Waals surface area contributed by atoms with Crippen LogP contribution in [-0.2, 0) is 17.8 Å². The molecule has 144 valence electrons. The van der Waals surface area contributed by atoms with Crippen LogP contribution in [0.4, 0.5) is 4.79 Å². The summed E-state index contributed by atoms with van der Waals surface area (Å²) in [6.45, 7) is 6.70. The predicted octanol–water partition coefficient (Wildman–Crippen LogP) is 1.60. The Bertz CT molecular complexity index is 610. The zero-order chi connectivity index (χ0) is 18.9. The Balaban J connectivity index is 1.86. The number of hydrogen-bond donors (Lipinski definition) is 1. The number of ether oxygens (including phenoxy) is 1. The first-order chi connectivity index (χ1) is 12.5. The zero-order valence-corrected chi connectivity index (χ0v) is 16.4. The van der Waals surface area contributed by atoms with Crippen LogP contribution in [0.15, 0.2) is 29.3 Å². The number of aliphatic imine (C=N–C) groups is 1. The van der Waals surface area contributed by atoms with E-state index in [2.05, 4.69) is 58.5 Å². The third-order valence-corrected chi connectivity index (χ3v) is 4.26. The van der Waals surface area contributed by atoms with E-state index in [1.165, 1.54) is 11.1 Å². The fourth-order valence-electron chi connectivity index (χ4n) is 3.03. The standard InChI is InChI=1S/C19H31N5O2/c1-5-26-19(25)24-11-9-23(10-12-24)18(20-2)21-14-16-7-6-8-17(13-16)15-22(3)4/h6-8,13H,5,9-12,14-15H2,1-4H3,(H,20,21). The highest BCUT2D eigenvalue weighted by Crippen LogP contribution is 2.08. The van der Waals surface area contributed by atoms with E-state index in [0.717, 1.165) is 32.1 Å². The van der Waals surface area contributed by atoms with E-state index >= 15 is 0 Å². The van der Waals surface area contributed by atoms with Gasteiger partial charge in [-0.1, -0.05) is 24.3 Å². The average molecular weight is 361 g/mol. The number of guanidine groups is 1. The molecule has 1 aliphatic rings. The van der Waals surface area contributed by atoms with Crippen molar-refractivity contribution in [1.82, 2.24) is 20.0 Å². The number of amides is 1. The van der Waals surface area contributed by atoms with Crippen molar-refractivity contribution in [2.75, 3.05) is 53.9 Å². The summed E-state index contributed by atoms with van der Waals surface area (Å²) in [5.41, 5.74) is 2.53. The van der Waals surface area contributed by atoms with E-state index in [1.54, 1.807) is 11.9 Å². The third kappa shape index (κ3) is 5.91. The van der Waals surface area contributed by atoms with Crippen molar-refractivity contribution < 1.29 is 9.53 Å². The van der Waals surface area contributed by atoms with Crippen molar-refractivity contribution in [3.8, 4) is 0 Å². The number of rotatable bonds is 5. The number of carbonyl (C=O) groups is 1. The maximum Gasteiger partial charge on any atom is 0.409 e. The molecule has 2 rings (SSSR count). The van der Waals surface area contributed by atoms with Gasteiger partial charge in [0.15, 0.2) is 5.96 Å². The van der Waals surface area contributed by atoms with Gasteiger partial charge in [-0.3, -0.25) is 4.99 Å². The Morgan fingerprint density at radius 3 is 2.46 bits per heavy atom. The van der Waals surface area contributed by atoms with Crippen LogP contribution in [0.2, 0.25) is 0 Å². The molecule has 0 bridgehead atoms. The monoisotopic (exact) mass is 361 g/mol. The number of nitrogens with one attached hydrogen (secondary N) is 1. The van der Waals surface area contributed by atoms with Gasteiger partial charge in [0.1, 0.15) is 0 Å². The lowest BCUT2D eigenvalue weighted by Crippen LogP contribution is -2.53. The van der Waals surface area contributed by atoms with E-state index in [0.29, 0.717) is 19.7 Å². The summed E-state index contributed by atoms with van der Waals surface area (Å²) in [6.07, 6.45) is -0.229. The van der Waals surface area contributed by atoms with Gasteiger partial charge in [-0.2, -0.15) is 0 Å². The number of hydrogen-bond acceptors (Lipinski definition) is 4. The molecule has 0 aliphatic carbocycles. The van der Waals surface area contributed by atoms with Crippen molar-refractivity contribution in [3.63, 3.8) is 0 Å². The Morgan fingerprint density at radius 2 is 1.85 bits per heavy atom. The second-order valence-electron chi connectivity index (χ2n) is 6.63. The van der Waals surface area contributed by atoms with Crippen molar-refractivity contribution in [2.24, 2.45) is 4.99 Å². The Morgan fingerprint density at radius 1 is 1.19 bits per heavy atom. The van der Waals surface area contributed by atoms with Crippen molar-refractivity contribution in [1.29, 1.82) is 0 Å². The molecular weight excluding hydrogens is 330 g/mol. The summed E-state index contributed by atoms with van der Waals surface area (Å²) in [7, 11) is 5.94. The second-order valence-corrected chi connectivity index (χ2v) is 6.63. The van der Waals surface area contributed by atoms with Crippen LogP contribution in [0.25, 0.3) is 0 Å². The lowest BCUT2D eigenvalue weighted by Gasteiger charge is -2.35. The van der Waals surface area contributed by atoms with Crippen LogP contribution in [0.3, 0.4) is 0 Å². The molecule has 1 heterocycles. The quantitative estimate of drug-likeness (QED) is 0.638. The molecule has 0 radical (unpaired) electrons. The summed E-state index contributed by atoms with van der Waals surface area (Å²) in [5, 5.41) is 3.43. The third-order valence-electron chi connectivity index (χ3n) is 4.26. The molecular formula is C19H31N5O2. The molecule has 7 heteroatoms. The fourth-order valence-corrected chi connectivity index (χ4v) is 3.03. The minimum absolute atomic E-state index is 0.229. The summed E-state index contributed by atoms with van der Waals surface area (Å²) in [6, 6.07) is 8.58. The summed E-state index contributed by atoms with van der Waals surface area (Å²) in [4.78, 5) is 22.3. The van der Waals surface area contributed by atoms with Gasteiger partial charge in [0.05, 0.1) is 6.61 Å². The van der Waals surface area contributed by atoms with Gasteiger partial charge < -0.3 is 24.8 Å². The van der Waals surface area contributed by atoms with Gasteiger partial charge in [-0.25, -0.2) is 4.79 Å². The second kappa shape index (κ2) is 10.0. The highest BCUT2D eigenvalue weighted by atomic mass is 16.6. The number of carbonyl (C=O) groups excluding carboxylic acids is 1. The summed E-state index contributed by atoms with van der Waals surface area (Å²) >= 11 is 0. The van der Waals surface area contributed by atoms with E-state index in [9.17, 15) is 4.79 Å². The molecule has 0 spiro atoms. The molecule has 1 aromatic rings. The molecule has 26 heavy (non-hydrogen) atoms. The van der Waals surface area contributed by atoms with E-state index in [4.69, 9.17) is 4.74 Å². The lowest BCUT2D eigenvalue weighted by molar-refractivity contribution is 0.0914. The zero-order valence-electron chi connectivity index (χ0n) is 16.4. The SMILES string of the molecule is CCOC(=O)N1CCN(C(=NC)NCc2cccc(CN(C)C)c2)CC1. The summed E-state index contributed by atoms with van der Waals surface area (Å²) < 4.78 is 5.07. The molecule has 1 saturated heterocycles. The largest absolute Gasteiger partial charge is 0.450 e. The number of nitrogens with zero attached hydrogens (tertiary/aromatic N) is 4. The van der Waals surface area contributed by atoms with Crippen molar-refractivity contribution in [3.05, 3.63) is 35.4 Å². The molecule has 1 fully saturated rings. The molecule has 0 saturated carbocycles. The van der Waals surface area contributed by atoms with Crippen LogP contribution in [0, 0.1) is 0 Å². The maximum atomic E-state index is 11.8. The van der Waals surface area contributed by atoms with Crippen LogP contribution < -0.4 is 5.32 Å². The predicted molar refractivity (Wildman–Crippen MR) is 104 cm³/mol. The van der Waals surface area contributed by atoms with E-state index in [1.807, 2.05) is 6.92 Å². The highest BCUT2D eigenvalue weighted by Gasteiger charge is 2.23. The van der Waals surface area contributed by atoms with Crippen LogP contribution >= 0.6 is 0 Å². The van der Waals surface area contributed by atoms with E-state index < -0.39 is 0 Å². The molecule has 7 nitrogen and oxygen atoms in total. The van der Waals surface area contributed by atoms with Crippen LogP contribution in [-0.4, -0.2) is 80.7 Å². The molecule has 0 atom stereocenters. The minimum atomic E-state index is -0.229. The van der Waals surface area contributed by atoms with Gasteiger partial charge in [-0.05, 0) is 32.1 Å². The lowest BCUT2D eigenvalue weighted by atomic mass is 10.1. The Hall–Kier alpha value is -2.28. The Labute approximate surface area is 156 Å². The van der Waals surface area contributed by atoms with Crippen molar-refractivity contribution >= 4 is 12.1 Å². The normalized spacial score (nSPS) is 15.3. The molecule has 1 aliphatic heterocycles. The highest BCUT2D eigenvalue weighted by molar-refractivity contribution is 5.80. The van der Waals surface area contributed by atoms with Crippen LogP contribution in [0.1, 0.15) is 18.1 Å². The topological polar surface area (TPSA) is 60.4 Å². The average Bonchev–Trinajstić information content (AvgIpc) is 2.63. The first-order valence-electron chi connectivity index (χ1n) is 9.13. The first-order valence-corrected chi connectivity index (χ1v) is 9.13. The molecule has 1 amide bonds. The van der Waals surface area contributed by atoms with Gasteiger partial charge in [0, 0.05) is 46.3 Å². The number of piperazine rings is 1. The maximum absolute atomic E-state index is 11.8.